The van der Waals surface area contributed by atoms with Gasteiger partial charge in [-0.3, -0.25) is 34.0 Å². The maximum absolute atomic E-state index is 14.3. The number of ketones is 2. The molecule has 6 rings (SSSR count). The van der Waals surface area contributed by atoms with E-state index in [0.29, 0.717) is 13.4 Å². The van der Waals surface area contributed by atoms with Crippen LogP contribution in [0.15, 0.2) is 97.9 Å². The van der Waals surface area contributed by atoms with Gasteiger partial charge in [0.25, 0.3) is 11.6 Å². The molecular weight excluding hydrogens is 720 g/mol. The average molecular weight is 738 g/mol. The van der Waals surface area contributed by atoms with Crippen molar-refractivity contribution < 1.29 is 23.7 Å². The van der Waals surface area contributed by atoms with Crippen LogP contribution in [-0.2, 0) is 7.05 Å². The number of hydrogen-bond donors (Lipinski definition) is 0. The maximum atomic E-state index is 14.3. The Bertz CT molecular complexity index is 1890. The molecule has 0 atom stereocenters. The summed E-state index contributed by atoms with van der Waals surface area (Å²) in [7, 11) is 1.71. The van der Waals surface area contributed by atoms with Gasteiger partial charge in [0, 0.05) is 37.3 Å². The quantitative estimate of drug-likeness (QED) is 0.183. The number of carbonyl (C=O) groups is 4. The van der Waals surface area contributed by atoms with E-state index in [-0.39, 0.29) is 45.3 Å². The molecule has 0 aliphatic carbocycles. The Labute approximate surface area is 259 Å². The van der Waals surface area contributed by atoms with Gasteiger partial charge in [0.1, 0.15) is 24.1 Å². The molecule has 0 N–H and O–H groups in total. The monoisotopic (exact) mass is 735 g/mol. The number of fused-ring (bicyclic) bond motifs is 2. The predicted molar refractivity (Wildman–Crippen MR) is 162 cm³/mol. The summed E-state index contributed by atoms with van der Waals surface area (Å²) in [5.41, 5.74) is 1.65. The first-order chi connectivity index (χ1) is 19.6. The molecule has 11 heteroatoms. The van der Waals surface area contributed by atoms with Gasteiger partial charge < -0.3 is 0 Å². The molecule has 2 amide bonds. The van der Waals surface area contributed by atoms with Crippen LogP contribution in [0, 0.1) is 6.92 Å². The van der Waals surface area contributed by atoms with E-state index in [1.54, 1.807) is 72.4 Å². The van der Waals surface area contributed by atoms with Crippen molar-refractivity contribution in [2.75, 3.05) is 9.80 Å². The zero-order valence-corrected chi connectivity index (χ0v) is 26.2. The third-order valence-corrected chi connectivity index (χ3v) is 8.51. The van der Waals surface area contributed by atoms with Gasteiger partial charge in [-0.15, -0.1) is 0 Å². The van der Waals surface area contributed by atoms with Crippen molar-refractivity contribution in [3.63, 3.8) is 0 Å². The number of aromatic nitrogens is 2. The smallest absolute Gasteiger partial charge is 0.287 e. The van der Waals surface area contributed by atoms with Gasteiger partial charge in [-0.1, -0.05) is 22.0 Å². The second-order valence-electron chi connectivity index (χ2n) is 9.48. The average Bonchev–Trinajstić information content (AvgIpc) is 3.39. The van der Waals surface area contributed by atoms with Crippen molar-refractivity contribution in [3.05, 3.63) is 126 Å². The molecule has 0 saturated heterocycles. The summed E-state index contributed by atoms with van der Waals surface area (Å²) >= 11 is 10.5. The number of allylic oxidation sites excluding steroid dienone is 2. The second kappa shape index (κ2) is 10.2. The van der Waals surface area contributed by atoms with Crippen molar-refractivity contribution >= 4 is 82.5 Å². The van der Waals surface area contributed by atoms with Crippen LogP contribution in [0.2, 0.25) is 0 Å². The van der Waals surface area contributed by atoms with E-state index in [1.807, 2.05) is 6.92 Å². The molecule has 0 unspecified atom stereocenters. The molecule has 0 spiro atoms. The lowest BCUT2D eigenvalue weighted by atomic mass is 10.1. The van der Waals surface area contributed by atoms with Crippen molar-refractivity contribution in [2.45, 2.75) is 6.92 Å². The number of nitrogens with zero attached hydrogens (tertiary/aromatic N) is 4. The van der Waals surface area contributed by atoms with Crippen molar-refractivity contribution in [2.24, 2.45) is 7.05 Å². The Kier molecular flexibility index (Phi) is 6.83. The van der Waals surface area contributed by atoms with Gasteiger partial charge in [0.2, 0.25) is 11.6 Å². The van der Waals surface area contributed by atoms with E-state index in [0.717, 1.165) is 5.56 Å². The Balaban J connectivity index is 1.70. The Hall–Kier alpha value is -3.80. The zero-order chi connectivity index (χ0) is 29.2. The second-order valence-corrected chi connectivity index (χ2v) is 12.1. The van der Waals surface area contributed by atoms with Crippen LogP contribution in [-0.4, -0.2) is 28.4 Å². The molecule has 2 aromatic heterocycles. The highest BCUT2D eigenvalue weighted by molar-refractivity contribution is 9.11. The summed E-state index contributed by atoms with van der Waals surface area (Å²) in [6.45, 7) is 1.82. The summed E-state index contributed by atoms with van der Waals surface area (Å²) in [5, 5.41) is 0. The summed E-state index contributed by atoms with van der Waals surface area (Å²) in [5.74, 6) is -2.30. The van der Waals surface area contributed by atoms with E-state index >= 15 is 0 Å². The summed E-state index contributed by atoms with van der Waals surface area (Å²) in [6.07, 6.45) is 3.18. The van der Waals surface area contributed by atoms with Gasteiger partial charge in [-0.2, -0.15) is 4.57 Å². The molecule has 202 valence electrons. The normalized spacial score (nSPS) is 15.8. The predicted octanol–water partition coefficient (Wildman–Crippen LogP) is 6.10. The summed E-state index contributed by atoms with van der Waals surface area (Å²) in [6, 6.07) is 16.7. The Morgan fingerprint density at radius 2 is 1.39 bits per heavy atom. The number of aryl methyl sites for hydroxylation is 2. The maximum Gasteiger partial charge on any atom is 0.327 e. The fraction of sp³-hybridized carbons (Fsp3) is 0.0667. The number of Topliss-reactive ketones (excluding diaryl/α,β-unsaturated/α-hetero) is 2. The van der Waals surface area contributed by atoms with E-state index in [2.05, 4.69) is 52.8 Å². The molecule has 4 heterocycles. The molecule has 0 radical (unpaired) electrons. The van der Waals surface area contributed by atoms with E-state index in [9.17, 15) is 19.2 Å². The van der Waals surface area contributed by atoms with Gasteiger partial charge in [0.05, 0.1) is 16.9 Å². The minimum absolute atomic E-state index is 0.0675. The number of carbonyl (C=O) groups excluding carboxylic acids is 4. The number of benzene rings is 2. The van der Waals surface area contributed by atoms with E-state index < -0.39 is 23.4 Å². The lowest BCUT2D eigenvalue weighted by Crippen LogP contribution is -2.43. The fourth-order valence-electron chi connectivity index (χ4n) is 5.08. The fourth-order valence-corrected chi connectivity index (χ4v) is 7.23. The van der Waals surface area contributed by atoms with E-state index in [4.69, 9.17) is 0 Å². The molecule has 4 aromatic rings. The summed E-state index contributed by atoms with van der Waals surface area (Å²) in [4.78, 5) is 63.5. The highest BCUT2D eigenvalue weighted by Crippen LogP contribution is 2.48. The number of hydrogen-bond acceptors (Lipinski definition) is 5. The number of amides is 2. The zero-order valence-electron chi connectivity index (χ0n) is 21.5. The lowest BCUT2D eigenvalue weighted by Gasteiger charge is -2.24. The highest BCUT2D eigenvalue weighted by Gasteiger charge is 2.49. The lowest BCUT2D eigenvalue weighted by molar-refractivity contribution is -0.673. The van der Waals surface area contributed by atoms with Gasteiger partial charge in [0.15, 0.2) is 6.20 Å². The van der Waals surface area contributed by atoms with Crippen molar-refractivity contribution in [1.29, 1.82) is 0 Å². The number of halogens is 3. The Morgan fingerprint density at radius 1 is 0.780 bits per heavy atom. The Morgan fingerprint density at radius 3 is 2.02 bits per heavy atom. The van der Waals surface area contributed by atoms with Crippen molar-refractivity contribution in [3.8, 4) is 0 Å². The molecular formula is C30H18Br3N4O4+. The number of pyridine rings is 2. The molecule has 0 saturated carbocycles. The van der Waals surface area contributed by atoms with Crippen LogP contribution < -0.4 is 14.4 Å². The first kappa shape index (κ1) is 27.4. The molecule has 0 fully saturated rings. The molecule has 8 nitrogen and oxygen atoms in total. The third kappa shape index (κ3) is 4.30. The van der Waals surface area contributed by atoms with Crippen LogP contribution in [0.3, 0.4) is 0 Å². The number of rotatable bonds is 2. The van der Waals surface area contributed by atoms with Crippen LogP contribution in [0.4, 0.5) is 11.4 Å². The van der Waals surface area contributed by atoms with Crippen LogP contribution in [0.25, 0.3) is 0 Å². The highest BCUT2D eigenvalue weighted by atomic mass is 79.9. The summed E-state index contributed by atoms with van der Waals surface area (Å²) < 4.78 is 3.17. The van der Waals surface area contributed by atoms with E-state index in [1.165, 1.54) is 22.1 Å². The molecule has 2 aliphatic rings. The molecule has 2 aromatic carbocycles. The van der Waals surface area contributed by atoms with Gasteiger partial charge >= 0.3 is 5.91 Å². The van der Waals surface area contributed by atoms with Gasteiger partial charge in [-0.05, 0) is 86.8 Å². The molecule has 0 bridgehead atoms. The standard InChI is InChI=1S/C30H18Br3N4O4/c1-15-11-17-23(19(32)12-15)36(29(40)21-7-3-5-9-34-21)25(27(17)38)26-28(39)18-13-16(31)14-20(33)24(18)37(26)30(41)22-8-4-6-10-35(22)2/h3-14H,1-2H3/q+1/b26-25+. The topological polar surface area (TPSA) is 91.5 Å². The first-order valence-electron chi connectivity index (χ1n) is 12.3. The SMILES string of the molecule is Cc1cc(Br)c2c(c1)C(=O)/C(=C1/C(=O)c3cc(Br)cc(Br)c3N1C(=O)c1cccc[n+]1C)N2C(=O)c1ccccn1. The molecule has 41 heavy (non-hydrogen) atoms. The minimum atomic E-state index is -0.619. The third-order valence-electron chi connectivity index (χ3n) is 6.84. The van der Waals surface area contributed by atoms with Gasteiger partial charge in [-0.25, -0.2) is 0 Å². The van der Waals surface area contributed by atoms with Crippen LogP contribution >= 0.6 is 47.8 Å². The largest absolute Gasteiger partial charge is 0.327 e. The van der Waals surface area contributed by atoms with Crippen LogP contribution in [0.1, 0.15) is 47.3 Å². The number of anilines is 2. The minimum Gasteiger partial charge on any atom is -0.287 e. The van der Waals surface area contributed by atoms with Crippen molar-refractivity contribution in [1.82, 2.24) is 4.98 Å². The molecule has 2 aliphatic heterocycles. The van der Waals surface area contributed by atoms with Crippen LogP contribution in [0.5, 0.6) is 0 Å². The first-order valence-corrected chi connectivity index (χ1v) is 14.7.